The first-order valence-corrected chi connectivity index (χ1v) is 6.42. The fourth-order valence-electron chi connectivity index (χ4n) is 1.56. The molecule has 0 amide bonds. The maximum Gasteiger partial charge on any atom is 0.195 e. The van der Waals surface area contributed by atoms with E-state index < -0.39 is 0 Å². The van der Waals surface area contributed by atoms with Crippen molar-refractivity contribution in [3.05, 3.63) is 66.0 Å². The summed E-state index contributed by atoms with van der Waals surface area (Å²) in [5.41, 5.74) is 3.62. The van der Waals surface area contributed by atoms with Crippen molar-refractivity contribution in [2.75, 3.05) is 0 Å². The van der Waals surface area contributed by atoms with Crippen molar-refractivity contribution in [1.29, 1.82) is 0 Å². The number of nitrogens with zero attached hydrogens (tertiary/aromatic N) is 2. The fourth-order valence-corrected chi connectivity index (χ4v) is 1.72. The fraction of sp³-hybridized carbons (Fsp3) is 0.0714. The molecule has 0 bridgehead atoms. The third-order valence-corrected chi connectivity index (χ3v) is 2.75. The Kier molecular flexibility index (Phi) is 5.16. The normalized spacial score (nSPS) is 10.9. The van der Waals surface area contributed by atoms with Crippen LogP contribution in [0.2, 0.25) is 0 Å². The Balaban J connectivity index is 2.00. The number of aliphatic imine (C=N–C) groups is 1. The molecule has 5 nitrogen and oxygen atoms in total. The maximum atomic E-state index is 9.11. The molecule has 0 aliphatic carbocycles. The van der Waals surface area contributed by atoms with Gasteiger partial charge < -0.3 is 5.32 Å². The lowest BCUT2D eigenvalue weighted by molar-refractivity contribution is 0.235. The molecule has 1 heterocycles. The smallest absolute Gasteiger partial charge is 0.195 e. The van der Waals surface area contributed by atoms with E-state index in [1.54, 1.807) is 24.4 Å². The highest BCUT2D eigenvalue weighted by Gasteiger charge is 2.04. The van der Waals surface area contributed by atoms with Crippen molar-refractivity contribution in [2.45, 2.75) is 6.54 Å². The summed E-state index contributed by atoms with van der Waals surface area (Å²) in [6, 6.07) is 15.2. The van der Waals surface area contributed by atoms with Gasteiger partial charge in [0.25, 0.3) is 0 Å². The minimum atomic E-state index is 0.205. The molecule has 2 rings (SSSR count). The molecule has 0 aliphatic rings. The first kappa shape index (κ1) is 14.1. The summed E-state index contributed by atoms with van der Waals surface area (Å²) in [7, 11) is 0. The van der Waals surface area contributed by atoms with Crippen LogP contribution in [-0.2, 0) is 6.54 Å². The number of hydrogen-bond acceptors (Lipinski definition) is 3. The summed E-state index contributed by atoms with van der Waals surface area (Å²) in [6.07, 6.45) is 1.61. The van der Waals surface area contributed by atoms with Crippen molar-refractivity contribution < 1.29 is 5.21 Å². The number of rotatable bonds is 3. The van der Waals surface area contributed by atoms with Gasteiger partial charge in [0.15, 0.2) is 10.9 Å². The van der Waals surface area contributed by atoms with Crippen LogP contribution < -0.4 is 10.8 Å². The zero-order valence-electron chi connectivity index (χ0n) is 10.7. The molecule has 102 valence electrons. The second-order valence-electron chi connectivity index (χ2n) is 3.93. The van der Waals surface area contributed by atoms with E-state index in [4.69, 9.17) is 17.4 Å². The number of thiocarbonyl (C=S) groups is 1. The molecule has 0 radical (unpaired) electrons. The lowest BCUT2D eigenvalue weighted by Crippen LogP contribution is -2.27. The molecule has 0 fully saturated rings. The predicted molar refractivity (Wildman–Crippen MR) is 81.6 cm³/mol. The average molecular weight is 286 g/mol. The standard InChI is InChI=1S/C14H14N4OS/c19-18-13(12-8-4-5-9-15-12)17-14(20)16-10-11-6-2-1-3-7-11/h1-9,19H,10H2,(H2,16,17,18,20). The average Bonchev–Trinajstić information content (AvgIpc) is 2.52. The Labute approximate surface area is 122 Å². The summed E-state index contributed by atoms with van der Waals surface area (Å²) < 4.78 is 0. The van der Waals surface area contributed by atoms with Crippen molar-refractivity contribution in [3.63, 3.8) is 0 Å². The number of amidine groups is 1. The van der Waals surface area contributed by atoms with Crippen molar-refractivity contribution in [2.24, 2.45) is 4.99 Å². The lowest BCUT2D eigenvalue weighted by Gasteiger charge is -2.07. The van der Waals surface area contributed by atoms with Crippen LogP contribution >= 0.6 is 12.2 Å². The van der Waals surface area contributed by atoms with Crippen molar-refractivity contribution >= 4 is 23.2 Å². The third kappa shape index (κ3) is 4.11. The zero-order valence-corrected chi connectivity index (χ0v) is 11.5. The summed E-state index contributed by atoms with van der Waals surface area (Å²) in [4.78, 5) is 8.17. The largest absolute Gasteiger partial charge is 0.357 e. The predicted octanol–water partition coefficient (Wildman–Crippen LogP) is 1.88. The van der Waals surface area contributed by atoms with Gasteiger partial charge >= 0.3 is 0 Å². The van der Waals surface area contributed by atoms with Crippen LogP contribution in [0.1, 0.15) is 11.3 Å². The number of benzene rings is 1. The highest BCUT2D eigenvalue weighted by molar-refractivity contribution is 7.80. The highest BCUT2D eigenvalue weighted by atomic mass is 32.1. The van der Waals surface area contributed by atoms with Gasteiger partial charge in [0.05, 0.1) is 0 Å². The Morgan fingerprint density at radius 3 is 2.55 bits per heavy atom. The zero-order chi connectivity index (χ0) is 14.2. The number of nitrogens with one attached hydrogen (secondary N) is 2. The summed E-state index contributed by atoms with van der Waals surface area (Å²) >= 11 is 5.12. The minimum Gasteiger partial charge on any atom is -0.357 e. The quantitative estimate of drug-likeness (QED) is 0.348. The van der Waals surface area contributed by atoms with E-state index in [0.717, 1.165) is 5.56 Å². The lowest BCUT2D eigenvalue weighted by atomic mass is 10.2. The number of pyridine rings is 1. The van der Waals surface area contributed by atoms with E-state index in [-0.39, 0.29) is 10.9 Å². The first-order chi connectivity index (χ1) is 9.79. The molecule has 2 aromatic rings. The molecule has 1 aromatic heterocycles. The van der Waals surface area contributed by atoms with E-state index in [1.165, 1.54) is 0 Å². The van der Waals surface area contributed by atoms with Crippen LogP contribution in [0.15, 0.2) is 59.7 Å². The van der Waals surface area contributed by atoms with Gasteiger partial charge in [-0.3, -0.25) is 15.7 Å². The molecular weight excluding hydrogens is 272 g/mol. The van der Waals surface area contributed by atoms with Crippen LogP contribution in [0.3, 0.4) is 0 Å². The molecule has 20 heavy (non-hydrogen) atoms. The van der Waals surface area contributed by atoms with E-state index in [2.05, 4.69) is 15.3 Å². The van der Waals surface area contributed by atoms with E-state index >= 15 is 0 Å². The van der Waals surface area contributed by atoms with Crippen LogP contribution in [0.25, 0.3) is 0 Å². The molecule has 0 unspecified atom stereocenters. The maximum absolute atomic E-state index is 9.11. The van der Waals surface area contributed by atoms with Gasteiger partial charge in [-0.05, 0) is 29.9 Å². The number of aromatic nitrogens is 1. The van der Waals surface area contributed by atoms with Gasteiger partial charge in [0.2, 0.25) is 0 Å². The van der Waals surface area contributed by atoms with Gasteiger partial charge in [0.1, 0.15) is 5.69 Å². The van der Waals surface area contributed by atoms with Crippen molar-refractivity contribution in [3.8, 4) is 0 Å². The van der Waals surface area contributed by atoms with Gasteiger partial charge in [-0.1, -0.05) is 36.4 Å². The monoisotopic (exact) mass is 286 g/mol. The van der Waals surface area contributed by atoms with Crippen LogP contribution in [0.5, 0.6) is 0 Å². The highest BCUT2D eigenvalue weighted by Crippen LogP contribution is 1.98. The molecule has 3 N–H and O–H groups in total. The molecule has 0 atom stereocenters. The molecule has 0 aliphatic heterocycles. The van der Waals surface area contributed by atoms with Gasteiger partial charge in [-0.15, -0.1) is 0 Å². The number of hydroxylamine groups is 1. The molecule has 0 spiro atoms. The molecule has 6 heteroatoms. The summed E-state index contributed by atoms with van der Waals surface area (Å²) in [5.74, 6) is 0.205. The van der Waals surface area contributed by atoms with Crippen LogP contribution in [0.4, 0.5) is 0 Å². The van der Waals surface area contributed by atoms with Gasteiger partial charge in [0, 0.05) is 12.7 Å². The van der Waals surface area contributed by atoms with E-state index in [0.29, 0.717) is 12.2 Å². The Morgan fingerprint density at radius 1 is 1.15 bits per heavy atom. The summed E-state index contributed by atoms with van der Waals surface area (Å²) in [6.45, 7) is 0.574. The molecule has 1 aromatic carbocycles. The topological polar surface area (TPSA) is 69.5 Å². The minimum absolute atomic E-state index is 0.205. The third-order valence-electron chi connectivity index (χ3n) is 2.51. The SMILES string of the molecule is ON/C(=N/C(=S)NCc1ccccc1)c1ccccn1. The van der Waals surface area contributed by atoms with E-state index in [1.807, 2.05) is 35.8 Å². The molecule has 0 saturated carbocycles. The number of hydrogen-bond donors (Lipinski definition) is 3. The Morgan fingerprint density at radius 2 is 1.90 bits per heavy atom. The van der Waals surface area contributed by atoms with Crippen LogP contribution in [0, 0.1) is 0 Å². The second-order valence-corrected chi connectivity index (χ2v) is 4.32. The Hall–Kier alpha value is -2.31. The van der Waals surface area contributed by atoms with Gasteiger partial charge in [-0.2, -0.15) is 4.99 Å². The molecular formula is C14H14N4OS. The second kappa shape index (κ2) is 7.32. The molecule has 0 saturated heterocycles. The summed E-state index contributed by atoms with van der Waals surface area (Å²) in [5, 5.41) is 12.4. The van der Waals surface area contributed by atoms with E-state index in [9.17, 15) is 0 Å². The van der Waals surface area contributed by atoms with Crippen LogP contribution in [-0.4, -0.2) is 21.1 Å². The Bertz CT molecular complexity index is 587. The van der Waals surface area contributed by atoms with Gasteiger partial charge in [-0.25, -0.2) is 0 Å². The van der Waals surface area contributed by atoms with Crippen molar-refractivity contribution in [1.82, 2.24) is 15.8 Å². The first-order valence-electron chi connectivity index (χ1n) is 6.01.